The summed E-state index contributed by atoms with van der Waals surface area (Å²) in [5.74, 6) is 1.01. The third-order valence-corrected chi connectivity index (χ3v) is 9.04. The van der Waals surface area contributed by atoms with E-state index in [4.69, 9.17) is 0 Å². The van der Waals surface area contributed by atoms with Gasteiger partial charge in [0.1, 0.15) is 0 Å². The minimum absolute atomic E-state index is 1.01. The highest BCUT2D eigenvalue weighted by Crippen LogP contribution is 2.24. The fourth-order valence-electron chi connectivity index (χ4n) is 6.30. The highest BCUT2D eigenvalue weighted by atomic mass is 14.1. The molecular formula is C38H77. The molecule has 0 saturated heterocycles. The van der Waals surface area contributed by atoms with Crippen LogP contribution in [0.25, 0.3) is 0 Å². The highest BCUT2D eigenvalue weighted by molar-refractivity contribution is 4.62. The zero-order valence-corrected chi connectivity index (χ0v) is 27.3. The minimum Gasteiger partial charge on any atom is -0.0654 e. The molecule has 38 heavy (non-hydrogen) atoms. The maximum absolute atomic E-state index is 4.07. The van der Waals surface area contributed by atoms with E-state index in [0.717, 1.165) is 12.3 Å². The van der Waals surface area contributed by atoms with Gasteiger partial charge in [-0.25, -0.2) is 0 Å². The quantitative estimate of drug-likeness (QED) is 0.0721. The molecule has 0 spiro atoms. The first-order valence-electron chi connectivity index (χ1n) is 18.6. The molecule has 0 aromatic rings. The molecule has 0 aromatic carbocycles. The molecule has 0 aromatic heterocycles. The lowest BCUT2D eigenvalue weighted by Crippen LogP contribution is -2.01. The Morgan fingerprint density at radius 2 is 0.500 bits per heavy atom. The second kappa shape index (κ2) is 35.0. The molecule has 0 amide bonds. The number of hydrogen-bond acceptors (Lipinski definition) is 0. The van der Waals surface area contributed by atoms with Crippen LogP contribution in [-0.2, 0) is 0 Å². The molecule has 0 aliphatic heterocycles. The van der Waals surface area contributed by atoms with Crippen LogP contribution in [0.2, 0.25) is 0 Å². The van der Waals surface area contributed by atoms with E-state index >= 15 is 0 Å². The van der Waals surface area contributed by atoms with Gasteiger partial charge in [0.2, 0.25) is 0 Å². The third-order valence-electron chi connectivity index (χ3n) is 9.04. The SMILES string of the molecule is [CH2]CCCCC(CCCCCCCCCCCCCC)CCCCCCCCCCCCCCCCCC. The monoisotopic (exact) mass is 534 g/mol. The largest absolute Gasteiger partial charge is 0.0654 e. The summed E-state index contributed by atoms with van der Waals surface area (Å²) in [6.07, 6.45) is 49.6. The van der Waals surface area contributed by atoms with E-state index in [1.54, 1.807) is 0 Å². The first-order chi connectivity index (χ1) is 18.8. The first-order valence-corrected chi connectivity index (χ1v) is 18.6. The van der Waals surface area contributed by atoms with E-state index in [1.807, 2.05) is 0 Å². The molecule has 1 radical (unpaired) electrons. The Bertz CT molecular complexity index is 385. The Morgan fingerprint density at radius 1 is 0.289 bits per heavy atom. The smallest absolute Gasteiger partial charge is 0.0414 e. The molecule has 0 rings (SSSR count). The van der Waals surface area contributed by atoms with Crippen molar-refractivity contribution in [3.8, 4) is 0 Å². The van der Waals surface area contributed by atoms with Crippen LogP contribution in [0.5, 0.6) is 0 Å². The lowest BCUT2D eigenvalue weighted by Gasteiger charge is -2.17. The lowest BCUT2D eigenvalue weighted by atomic mass is 9.89. The Morgan fingerprint density at radius 3 is 0.737 bits per heavy atom. The van der Waals surface area contributed by atoms with Crippen LogP contribution in [0.4, 0.5) is 0 Å². The second-order valence-electron chi connectivity index (χ2n) is 13.0. The predicted molar refractivity (Wildman–Crippen MR) is 177 cm³/mol. The molecule has 0 aliphatic carbocycles. The fraction of sp³-hybridized carbons (Fsp3) is 0.974. The van der Waals surface area contributed by atoms with Gasteiger partial charge in [0.05, 0.1) is 0 Å². The van der Waals surface area contributed by atoms with Gasteiger partial charge in [-0.1, -0.05) is 239 Å². The van der Waals surface area contributed by atoms with Crippen LogP contribution in [0, 0.1) is 12.8 Å². The van der Waals surface area contributed by atoms with Crippen molar-refractivity contribution in [2.24, 2.45) is 5.92 Å². The van der Waals surface area contributed by atoms with Crippen LogP contribution in [0.3, 0.4) is 0 Å². The van der Waals surface area contributed by atoms with Gasteiger partial charge in [0.25, 0.3) is 0 Å². The second-order valence-corrected chi connectivity index (χ2v) is 13.0. The van der Waals surface area contributed by atoms with Gasteiger partial charge in [0.15, 0.2) is 0 Å². The fourth-order valence-corrected chi connectivity index (χ4v) is 6.30. The molecule has 0 aliphatic rings. The molecule has 0 heterocycles. The lowest BCUT2D eigenvalue weighted by molar-refractivity contribution is 0.368. The predicted octanol–water partition coefficient (Wildman–Crippen LogP) is 14.7. The number of rotatable bonds is 34. The summed E-state index contributed by atoms with van der Waals surface area (Å²) in [4.78, 5) is 0. The summed E-state index contributed by atoms with van der Waals surface area (Å²) in [6.45, 7) is 8.69. The Hall–Kier alpha value is 0. The van der Waals surface area contributed by atoms with E-state index < -0.39 is 0 Å². The summed E-state index contributed by atoms with van der Waals surface area (Å²) in [6, 6.07) is 0. The summed E-state index contributed by atoms with van der Waals surface area (Å²) in [5.41, 5.74) is 0. The summed E-state index contributed by atoms with van der Waals surface area (Å²) >= 11 is 0. The average Bonchev–Trinajstić information content (AvgIpc) is 2.93. The van der Waals surface area contributed by atoms with E-state index in [0.29, 0.717) is 0 Å². The van der Waals surface area contributed by atoms with Crippen molar-refractivity contribution < 1.29 is 0 Å². The molecule has 0 nitrogen and oxygen atoms in total. The minimum atomic E-state index is 1.01. The topological polar surface area (TPSA) is 0 Å². The van der Waals surface area contributed by atoms with E-state index in [-0.39, 0.29) is 0 Å². The van der Waals surface area contributed by atoms with Crippen molar-refractivity contribution >= 4 is 0 Å². The summed E-state index contributed by atoms with van der Waals surface area (Å²) < 4.78 is 0. The van der Waals surface area contributed by atoms with Crippen LogP contribution >= 0.6 is 0 Å². The maximum atomic E-state index is 4.07. The van der Waals surface area contributed by atoms with Gasteiger partial charge in [-0.05, 0) is 5.92 Å². The Kier molecular flexibility index (Phi) is 35.0. The Balaban J connectivity index is 3.54. The van der Waals surface area contributed by atoms with Gasteiger partial charge in [0, 0.05) is 0 Å². The van der Waals surface area contributed by atoms with E-state index in [1.165, 1.54) is 212 Å². The summed E-state index contributed by atoms with van der Waals surface area (Å²) in [7, 11) is 0. The molecule has 0 N–H and O–H groups in total. The van der Waals surface area contributed by atoms with E-state index in [2.05, 4.69) is 20.8 Å². The van der Waals surface area contributed by atoms with Crippen molar-refractivity contribution in [3.63, 3.8) is 0 Å². The van der Waals surface area contributed by atoms with Gasteiger partial charge >= 0.3 is 0 Å². The molecule has 0 bridgehead atoms. The maximum Gasteiger partial charge on any atom is -0.0414 e. The zero-order chi connectivity index (χ0) is 27.6. The van der Waals surface area contributed by atoms with Crippen LogP contribution in [0.15, 0.2) is 0 Å². The van der Waals surface area contributed by atoms with Crippen LogP contribution in [0.1, 0.15) is 232 Å². The van der Waals surface area contributed by atoms with Gasteiger partial charge in [-0.3, -0.25) is 0 Å². The molecule has 1 atom stereocenters. The standard InChI is InChI=1S/C38H77/c1-4-7-10-12-14-16-18-20-21-22-23-25-27-29-31-34-37-38(35-32-9-6-3)36-33-30-28-26-24-19-17-15-13-11-8-5-2/h38H,3-37H2,1-2H3. The van der Waals surface area contributed by atoms with Gasteiger partial charge in [-0.2, -0.15) is 0 Å². The molecule has 0 heteroatoms. The van der Waals surface area contributed by atoms with Crippen molar-refractivity contribution in [1.82, 2.24) is 0 Å². The zero-order valence-electron chi connectivity index (χ0n) is 27.3. The van der Waals surface area contributed by atoms with Crippen LogP contribution < -0.4 is 0 Å². The van der Waals surface area contributed by atoms with Crippen LogP contribution in [-0.4, -0.2) is 0 Å². The molecule has 0 fully saturated rings. The summed E-state index contributed by atoms with van der Waals surface area (Å²) in [5, 5.41) is 0. The van der Waals surface area contributed by atoms with Gasteiger partial charge < -0.3 is 0 Å². The third kappa shape index (κ3) is 32.2. The number of unbranched alkanes of at least 4 members (excludes halogenated alkanes) is 28. The molecule has 229 valence electrons. The van der Waals surface area contributed by atoms with Gasteiger partial charge in [-0.15, -0.1) is 0 Å². The molecule has 1 unspecified atom stereocenters. The van der Waals surface area contributed by atoms with Crippen molar-refractivity contribution in [2.45, 2.75) is 232 Å². The van der Waals surface area contributed by atoms with E-state index in [9.17, 15) is 0 Å². The van der Waals surface area contributed by atoms with Crippen molar-refractivity contribution in [3.05, 3.63) is 6.92 Å². The first kappa shape index (κ1) is 38.0. The normalized spacial score (nSPS) is 12.4. The Labute approximate surface area is 244 Å². The number of hydrogen-bond donors (Lipinski definition) is 0. The molecule has 0 saturated carbocycles. The van der Waals surface area contributed by atoms with Crippen molar-refractivity contribution in [1.29, 1.82) is 0 Å². The van der Waals surface area contributed by atoms with Crippen molar-refractivity contribution in [2.75, 3.05) is 0 Å². The highest BCUT2D eigenvalue weighted by Gasteiger charge is 2.08. The average molecular weight is 534 g/mol. The molecular weight excluding hydrogens is 456 g/mol.